The van der Waals surface area contributed by atoms with Gasteiger partial charge in [-0.25, -0.2) is 4.79 Å². The van der Waals surface area contributed by atoms with Gasteiger partial charge in [0.25, 0.3) is 0 Å². The Labute approximate surface area is 123 Å². The predicted octanol–water partition coefficient (Wildman–Crippen LogP) is 3.95. The van der Waals surface area contributed by atoms with Crippen molar-refractivity contribution in [3.63, 3.8) is 0 Å². The largest absolute Gasteiger partial charge is 0.423 e. The van der Waals surface area contributed by atoms with Crippen molar-refractivity contribution in [2.45, 2.75) is 6.92 Å². The fourth-order valence-electron chi connectivity index (χ4n) is 1.73. The fraction of sp³-hybridized carbons (Fsp3) is 0.188. The van der Waals surface area contributed by atoms with Crippen LogP contribution >= 0.6 is 11.6 Å². The number of carbonyl (C=O) groups is 1. The molecule has 0 spiro atoms. The van der Waals surface area contributed by atoms with Crippen LogP contribution in [0.15, 0.2) is 48.5 Å². The maximum atomic E-state index is 11.5. The van der Waals surface area contributed by atoms with E-state index in [4.69, 9.17) is 21.1 Å². The minimum Gasteiger partial charge on any atom is -0.423 e. The monoisotopic (exact) mass is 290 g/mol. The second-order valence-electron chi connectivity index (χ2n) is 4.12. The first-order chi connectivity index (χ1) is 9.70. The molecule has 0 heterocycles. The topological polar surface area (TPSA) is 35.5 Å². The Balaban J connectivity index is 2.12. The van der Waals surface area contributed by atoms with Crippen LogP contribution in [0.3, 0.4) is 0 Å². The van der Waals surface area contributed by atoms with Crippen molar-refractivity contribution in [2.24, 2.45) is 0 Å². The van der Waals surface area contributed by atoms with E-state index < -0.39 is 5.97 Å². The van der Waals surface area contributed by atoms with Crippen molar-refractivity contribution in [1.82, 2.24) is 0 Å². The van der Waals surface area contributed by atoms with Crippen LogP contribution in [0.5, 0.6) is 5.75 Å². The van der Waals surface area contributed by atoms with E-state index in [-0.39, 0.29) is 6.61 Å². The van der Waals surface area contributed by atoms with Gasteiger partial charge in [-0.3, -0.25) is 0 Å². The summed E-state index contributed by atoms with van der Waals surface area (Å²) in [4.78, 5) is 11.5. The number of hydrogen-bond donors (Lipinski definition) is 0. The average Bonchev–Trinajstić information content (AvgIpc) is 2.48. The molecule has 0 N–H and O–H groups in total. The van der Waals surface area contributed by atoms with Gasteiger partial charge in [-0.2, -0.15) is 0 Å². The molecule has 2 aromatic rings. The summed E-state index contributed by atoms with van der Waals surface area (Å²) in [6.07, 6.45) is 0. The summed E-state index contributed by atoms with van der Waals surface area (Å²) in [6, 6.07) is 15.2. The van der Waals surface area contributed by atoms with Gasteiger partial charge in [0.05, 0.1) is 5.02 Å². The summed E-state index contributed by atoms with van der Waals surface area (Å²) in [5, 5.41) is 0.399. The van der Waals surface area contributed by atoms with Crippen molar-refractivity contribution in [2.75, 3.05) is 13.2 Å². The zero-order valence-corrected chi connectivity index (χ0v) is 11.9. The maximum Gasteiger partial charge on any atom is 0.337 e. The van der Waals surface area contributed by atoms with Crippen LogP contribution in [0.4, 0.5) is 0 Å². The normalized spacial score (nSPS) is 10.3. The van der Waals surface area contributed by atoms with Crippen molar-refractivity contribution >= 4 is 17.6 Å². The van der Waals surface area contributed by atoms with E-state index in [1.807, 2.05) is 43.3 Å². The molecule has 0 aliphatic rings. The molecule has 20 heavy (non-hydrogen) atoms. The third-order valence-electron chi connectivity index (χ3n) is 2.69. The highest BCUT2D eigenvalue weighted by molar-refractivity contribution is 6.32. The molecule has 0 amide bonds. The molecular weight excluding hydrogens is 276 g/mol. The van der Waals surface area contributed by atoms with Gasteiger partial charge in [-0.1, -0.05) is 48.0 Å². The molecule has 0 saturated heterocycles. The van der Waals surface area contributed by atoms with Gasteiger partial charge in [0, 0.05) is 6.61 Å². The molecule has 2 aromatic carbocycles. The van der Waals surface area contributed by atoms with Crippen LogP contribution in [0.25, 0.3) is 11.1 Å². The highest BCUT2D eigenvalue weighted by Gasteiger charge is 2.09. The van der Waals surface area contributed by atoms with E-state index in [0.29, 0.717) is 17.4 Å². The summed E-state index contributed by atoms with van der Waals surface area (Å²) in [5.74, 6) is -0.114. The molecule has 0 atom stereocenters. The van der Waals surface area contributed by atoms with E-state index in [2.05, 4.69) is 0 Å². The first-order valence-corrected chi connectivity index (χ1v) is 6.72. The summed E-state index contributed by atoms with van der Waals surface area (Å²) in [7, 11) is 0. The zero-order chi connectivity index (χ0) is 14.4. The van der Waals surface area contributed by atoms with Gasteiger partial charge < -0.3 is 9.47 Å². The van der Waals surface area contributed by atoms with Crippen molar-refractivity contribution in [1.29, 1.82) is 0 Å². The first kappa shape index (κ1) is 14.6. The Hall–Kier alpha value is -1.84. The number of halogens is 1. The van der Waals surface area contributed by atoms with Gasteiger partial charge >= 0.3 is 5.97 Å². The smallest absolute Gasteiger partial charge is 0.337 e. The molecule has 104 valence electrons. The van der Waals surface area contributed by atoms with Gasteiger partial charge in [-0.15, -0.1) is 0 Å². The Bertz CT molecular complexity index is 582. The second kappa shape index (κ2) is 7.08. The summed E-state index contributed by atoms with van der Waals surface area (Å²) >= 11 is 6.14. The lowest BCUT2D eigenvalue weighted by atomic mass is 10.1. The molecule has 0 aliphatic heterocycles. The van der Waals surface area contributed by atoms with Crippen LogP contribution in [0, 0.1) is 0 Å². The lowest BCUT2D eigenvalue weighted by Gasteiger charge is -2.08. The van der Waals surface area contributed by atoms with Crippen molar-refractivity contribution < 1.29 is 14.3 Å². The predicted molar refractivity (Wildman–Crippen MR) is 79.0 cm³/mol. The summed E-state index contributed by atoms with van der Waals surface area (Å²) < 4.78 is 10.1. The van der Waals surface area contributed by atoms with Crippen LogP contribution in [0.1, 0.15) is 6.92 Å². The minimum atomic E-state index is -0.457. The molecule has 2 rings (SSSR count). The lowest BCUT2D eigenvalue weighted by molar-refractivity contribution is -0.139. The van der Waals surface area contributed by atoms with Crippen LogP contribution in [0.2, 0.25) is 5.02 Å². The van der Waals surface area contributed by atoms with E-state index in [1.54, 1.807) is 12.1 Å². The molecule has 0 fully saturated rings. The Morgan fingerprint density at radius 1 is 1.10 bits per heavy atom. The summed E-state index contributed by atoms with van der Waals surface area (Å²) in [6.45, 7) is 2.21. The van der Waals surface area contributed by atoms with Gasteiger partial charge in [-0.05, 0) is 30.2 Å². The number of hydrogen-bond acceptors (Lipinski definition) is 3. The highest BCUT2D eigenvalue weighted by Crippen LogP contribution is 2.30. The van der Waals surface area contributed by atoms with E-state index in [9.17, 15) is 4.79 Å². The maximum absolute atomic E-state index is 11.5. The molecule has 0 aromatic heterocycles. The van der Waals surface area contributed by atoms with Crippen LogP contribution < -0.4 is 4.74 Å². The van der Waals surface area contributed by atoms with Crippen molar-refractivity contribution in [3.05, 3.63) is 53.6 Å². The molecule has 0 aliphatic carbocycles. The number of esters is 1. The highest BCUT2D eigenvalue weighted by atomic mass is 35.5. The molecule has 0 bridgehead atoms. The molecule has 0 saturated carbocycles. The Morgan fingerprint density at radius 3 is 2.50 bits per heavy atom. The molecule has 0 radical (unpaired) electrons. The lowest BCUT2D eigenvalue weighted by Crippen LogP contribution is -2.15. The Kier molecular flexibility index (Phi) is 5.16. The molecule has 0 unspecified atom stereocenters. The van der Waals surface area contributed by atoms with Gasteiger partial charge in [0.1, 0.15) is 12.4 Å². The van der Waals surface area contributed by atoms with Gasteiger partial charge in [0.2, 0.25) is 0 Å². The third kappa shape index (κ3) is 3.83. The van der Waals surface area contributed by atoms with Crippen molar-refractivity contribution in [3.8, 4) is 16.9 Å². The average molecular weight is 291 g/mol. The number of benzene rings is 2. The minimum absolute atomic E-state index is 0.0761. The first-order valence-electron chi connectivity index (χ1n) is 6.34. The SMILES string of the molecule is CCOCC(=O)Oc1ccc(-c2ccccc2)cc1Cl. The second-order valence-corrected chi connectivity index (χ2v) is 4.53. The number of carbonyl (C=O) groups excluding carboxylic acids is 1. The quantitative estimate of drug-likeness (QED) is 0.618. The van der Waals surface area contributed by atoms with Crippen LogP contribution in [-0.4, -0.2) is 19.2 Å². The van der Waals surface area contributed by atoms with E-state index in [0.717, 1.165) is 11.1 Å². The van der Waals surface area contributed by atoms with E-state index >= 15 is 0 Å². The zero-order valence-electron chi connectivity index (χ0n) is 11.1. The Morgan fingerprint density at radius 2 is 1.85 bits per heavy atom. The van der Waals surface area contributed by atoms with E-state index in [1.165, 1.54) is 0 Å². The molecular formula is C16H15ClO3. The summed E-state index contributed by atoms with van der Waals surface area (Å²) in [5.41, 5.74) is 2.03. The number of ether oxygens (including phenoxy) is 2. The third-order valence-corrected chi connectivity index (χ3v) is 2.98. The molecule has 3 nitrogen and oxygen atoms in total. The van der Waals surface area contributed by atoms with Crippen LogP contribution in [-0.2, 0) is 9.53 Å². The standard InChI is InChI=1S/C16H15ClO3/c1-2-19-11-16(18)20-15-9-8-13(10-14(15)17)12-6-4-3-5-7-12/h3-10H,2,11H2,1H3. The number of rotatable bonds is 5. The van der Waals surface area contributed by atoms with Gasteiger partial charge in [0.15, 0.2) is 0 Å². The molecule has 4 heteroatoms. The fourth-order valence-corrected chi connectivity index (χ4v) is 1.95.